The summed E-state index contributed by atoms with van der Waals surface area (Å²) in [4.78, 5) is 46.9. The molecule has 3 heterocycles. The molecule has 6 N–H and O–H groups in total. The Labute approximate surface area is 201 Å². The lowest BCUT2D eigenvalue weighted by atomic mass is 9.97. The fourth-order valence-corrected chi connectivity index (χ4v) is 4.11. The van der Waals surface area contributed by atoms with Gasteiger partial charge in [0.25, 0.3) is 11.8 Å². The normalized spacial score (nSPS) is 17.6. The maximum atomic E-state index is 12.8. The number of hydrogen-bond acceptors (Lipinski definition) is 8. The lowest BCUT2D eigenvalue weighted by molar-refractivity contribution is 0.0922. The largest absolute Gasteiger partial charge is 0.366 e. The van der Waals surface area contributed by atoms with Gasteiger partial charge in [-0.15, -0.1) is 0 Å². The molecule has 2 atom stereocenters. The second kappa shape index (κ2) is 9.79. The molecule has 0 saturated carbocycles. The molecule has 1 fully saturated rings. The first-order valence-electron chi connectivity index (χ1n) is 11.1. The Balaban J connectivity index is 1.52. The molecule has 12 nitrogen and oxygen atoms in total. The Bertz CT molecular complexity index is 1260. The van der Waals surface area contributed by atoms with Crippen LogP contribution in [0.25, 0.3) is 0 Å². The molecule has 0 unspecified atom stereocenters. The molecule has 0 spiro atoms. The van der Waals surface area contributed by atoms with Crippen molar-refractivity contribution >= 4 is 35.0 Å². The molecule has 1 aliphatic rings. The second-order valence-electron chi connectivity index (χ2n) is 8.42. The van der Waals surface area contributed by atoms with Gasteiger partial charge in [-0.2, -0.15) is 5.10 Å². The van der Waals surface area contributed by atoms with Crippen LogP contribution < -0.4 is 27.0 Å². The number of nitrogens with one attached hydrogen (secondary N) is 2. The number of carbonyl (C=O) groups is 3. The van der Waals surface area contributed by atoms with Gasteiger partial charge >= 0.3 is 0 Å². The first-order chi connectivity index (χ1) is 16.7. The number of primary amides is 2. The molecule has 1 aromatic carbocycles. The van der Waals surface area contributed by atoms with E-state index >= 15 is 0 Å². The molecule has 4 rings (SSSR count). The number of hydrogen-bond donors (Lipinski definition) is 4. The Kier molecular flexibility index (Phi) is 6.62. The Morgan fingerprint density at radius 1 is 1.06 bits per heavy atom. The van der Waals surface area contributed by atoms with E-state index in [1.165, 1.54) is 18.3 Å². The predicted molar refractivity (Wildman–Crippen MR) is 129 cm³/mol. The van der Waals surface area contributed by atoms with Gasteiger partial charge in [-0.3, -0.25) is 19.1 Å². The maximum absolute atomic E-state index is 12.8. The summed E-state index contributed by atoms with van der Waals surface area (Å²) in [6, 6.07) is 5.95. The van der Waals surface area contributed by atoms with Crippen molar-refractivity contribution in [1.29, 1.82) is 0 Å². The van der Waals surface area contributed by atoms with Gasteiger partial charge in [-0.25, -0.2) is 9.97 Å². The van der Waals surface area contributed by atoms with Gasteiger partial charge in [0.2, 0.25) is 5.91 Å². The molecule has 182 valence electrons. The first-order valence-corrected chi connectivity index (χ1v) is 11.1. The fourth-order valence-electron chi connectivity index (χ4n) is 4.11. The van der Waals surface area contributed by atoms with E-state index in [1.807, 2.05) is 11.8 Å². The maximum Gasteiger partial charge on any atom is 0.271 e. The van der Waals surface area contributed by atoms with Crippen molar-refractivity contribution in [2.24, 2.45) is 18.5 Å². The zero-order valence-corrected chi connectivity index (χ0v) is 19.4. The number of benzene rings is 1. The van der Waals surface area contributed by atoms with Crippen LogP contribution in [0.1, 0.15) is 51.0 Å². The minimum absolute atomic E-state index is 0.0199. The predicted octanol–water partition coefficient (Wildman–Crippen LogP) is 0.939. The SMILES string of the molecule is C[C@@H]1[C@H](NC(=O)c2ccc(C(N)=O)cc2)CCCN1c1cnc(C(N)=O)c(Nc2cnn(C)c2)n1. The molecule has 0 radical (unpaired) electrons. The van der Waals surface area contributed by atoms with E-state index in [4.69, 9.17) is 11.5 Å². The van der Waals surface area contributed by atoms with Crippen molar-refractivity contribution in [3.05, 3.63) is 59.7 Å². The van der Waals surface area contributed by atoms with E-state index in [9.17, 15) is 14.4 Å². The van der Waals surface area contributed by atoms with E-state index in [-0.39, 0.29) is 29.5 Å². The van der Waals surface area contributed by atoms with Gasteiger partial charge in [0.1, 0.15) is 5.82 Å². The number of piperidine rings is 1. The van der Waals surface area contributed by atoms with E-state index in [2.05, 4.69) is 25.7 Å². The van der Waals surface area contributed by atoms with Crippen LogP contribution in [0, 0.1) is 0 Å². The molecule has 2 aromatic heterocycles. The van der Waals surface area contributed by atoms with Gasteiger partial charge < -0.3 is 27.0 Å². The summed E-state index contributed by atoms with van der Waals surface area (Å²) in [5, 5.41) is 10.2. The number of nitrogens with zero attached hydrogens (tertiary/aromatic N) is 5. The number of amides is 3. The summed E-state index contributed by atoms with van der Waals surface area (Å²) < 4.78 is 1.62. The number of aromatic nitrogens is 4. The van der Waals surface area contributed by atoms with Crippen molar-refractivity contribution in [1.82, 2.24) is 25.1 Å². The monoisotopic (exact) mass is 477 g/mol. The zero-order valence-electron chi connectivity index (χ0n) is 19.4. The molecule has 1 saturated heterocycles. The Morgan fingerprint density at radius 3 is 2.40 bits per heavy atom. The van der Waals surface area contributed by atoms with E-state index in [0.29, 0.717) is 29.2 Å². The summed E-state index contributed by atoms with van der Waals surface area (Å²) in [7, 11) is 1.78. The highest BCUT2D eigenvalue weighted by Crippen LogP contribution is 2.26. The summed E-state index contributed by atoms with van der Waals surface area (Å²) in [6.07, 6.45) is 6.46. The van der Waals surface area contributed by atoms with Gasteiger partial charge in [0.15, 0.2) is 11.5 Å². The molecule has 35 heavy (non-hydrogen) atoms. The number of aryl methyl sites for hydroxylation is 1. The molecule has 1 aliphatic heterocycles. The van der Waals surface area contributed by atoms with Crippen LogP contribution in [-0.4, -0.2) is 56.1 Å². The van der Waals surface area contributed by atoms with Crippen molar-refractivity contribution in [3.8, 4) is 0 Å². The van der Waals surface area contributed by atoms with Crippen molar-refractivity contribution in [2.75, 3.05) is 16.8 Å². The number of carbonyl (C=O) groups excluding carboxylic acids is 3. The van der Waals surface area contributed by atoms with Gasteiger partial charge in [-0.1, -0.05) is 0 Å². The molecule has 0 bridgehead atoms. The van der Waals surface area contributed by atoms with Crippen LogP contribution >= 0.6 is 0 Å². The van der Waals surface area contributed by atoms with Gasteiger partial charge in [-0.05, 0) is 44.0 Å². The standard InChI is InChI=1S/C23H27N9O3/c1-13-17(29-23(35)15-7-5-14(6-8-15)20(24)33)4-3-9-32(13)18-11-26-19(21(25)34)22(30-18)28-16-10-27-31(2)12-16/h5-8,10-13,17H,3-4,9H2,1-2H3,(H2,24,33)(H2,25,34)(H,28,30)(H,29,35)/t13-,17-/m1/s1. The highest BCUT2D eigenvalue weighted by Gasteiger charge is 2.31. The zero-order chi connectivity index (χ0) is 25.1. The highest BCUT2D eigenvalue weighted by atomic mass is 16.2. The summed E-state index contributed by atoms with van der Waals surface area (Å²) >= 11 is 0. The second-order valence-corrected chi connectivity index (χ2v) is 8.42. The summed E-state index contributed by atoms with van der Waals surface area (Å²) in [5.41, 5.74) is 12.2. The molecule has 3 aromatic rings. The van der Waals surface area contributed by atoms with Crippen molar-refractivity contribution < 1.29 is 14.4 Å². The van der Waals surface area contributed by atoms with Crippen LogP contribution in [0.15, 0.2) is 42.9 Å². The topological polar surface area (TPSA) is 174 Å². The average molecular weight is 478 g/mol. The average Bonchev–Trinajstić information content (AvgIpc) is 3.24. The quantitative estimate of drug-likeness (QED) is 0.389. The van der Waals surface area contributed by atoms with Crippen LogP contribution in [-0.2, 0) is 7.05 Å². The third-order valence-corrected chi connectivity index (χ3v) is 5.99. The number of anilines is 3. The number of rotatable bonds is 7. The highest BCUT2D eigenvalue weighted by molar-refractivity contribution is 5.97. The van der Waals surface area contributed by atoms with Crippen molar-refractivity contribution in [3.63, 3.8) is 0 Å². The van der Waals surface area contributed by atoms with Gasteiger partial charge in [0.05, 0.1) is 18.1 Å². The van der Waals surface area contributed by atoms with Crippen LogP contribution in [0.2, 0.25) is 0 Å². The van der Waals surface area contributed by atoms with E-state index in [1.54, 1.807) is 36.3 Å². The summed E-state index contributed by atoms with van der Waals surface area (Å²) in [6.45, 7) is 2.70. The molecule has 12 heteroatoms. The third-order valence-electron chi connectivity index (χ3n) is 5.99. The van der Waals surface area contributed by atoms with Crippen molar-refractivity contribution in [2.45, 2.75) is 31.8 Å². The molecular weight excluding hydrogens is 450 g/mol. The smallest absolute Gasteiger partial charge is 0.271 e. The minimum Gasteiger partial charge on any atom is -0.366 e. The molecule has 3 amide bonds. The Morgan fingerprint density at radius 2 is 1.77 bits per heavy atom. The van der Waals surface area contributed by atoms with Crippen LogP contribution in [0.4, 0.5) is 17.3 Å². The van der Waals surface area contributed by atoms with Crippen LogP contribution in [0.3, 0.4) is 0 Å². The minimum atomic E-state index is -0.699. The first kappa shape index (κ1) is 23.7. The summed E-state index contributed by atoms with van der Waals surface area (Å²) in [5.74, 6) is -0.702. The van der Waals surface area contributed by atoms with Gasteiger partial charge in [0, 0.05) is 43.0 Å². The lowest BCUT2D eigenvalue weighted by Crippen LogP contribution is -2.54. The number of nitrogens with two attached hydrogens (primary N) is 2. The molecular formula is C23H27N9O3. The third kappa shape index (κ3) is 5.21. The van der Waals surface area contributed by atoms with E-state index in [0.717, 1.165) is 12.8 Å². The Hall–Kier alpha value is -4.48. The molecule has 0 aliphatic carbocycles. The van der Waals surface area contributed by atoms with E-state index < -0.39 is 11.8 Å². The fraction of sp³-hybridized carbons (Fsp3) is 0.304. The van der Waals surface area contributed by atoms with Crippen LogP contribution in [0.5, 0.6) is 0 Å². The lowest BCUT2D eigenvalue weighted by Gasteiger charge is -2.40.